The van der Waals surface area contributed by atoms with Crippen LogP contribution in [-0.2, 0) is 9.30 Å². The first-order valence-corrected chi connectivity index (χ1v) is 13.6. The van der Waals surface area contributed by atoms with E-state index in [9.17, 15) is 9.83 Å². The van der Waals surface area contributed by atoms with Gasteiger partial charge in [0.1, 0.15) is 30.4 Å². The molecule has 0 saturated carbocycles. The molecule has 3 aromatic rings. The summed E-state index contributed by atoms with van der Waals surface area (Å²) < 4.78 is 24.7. The number of methoxy groups -OCH3 is 1. The molecule has 0 atom stereocenters. The third kappa shape index (κ3) is 4.14. The first-order chi connectivity index (χ1) is 16.5. The molecular weight excluding hydrogens is 451 g/mol. The standard InChI is InChI=1S/C24H29N6O3P/c1-3-26-20-11-22(29-24-23(20)16(12-25)13-27-24)28-19-5-4-18(10-21(19)32-2)34(31)8-6-30(7-9-34)17-14-33-15-17/h4-5,10-11,13,17H,3,6-9,14-15H2,1-2H3,(H3,26,27,28,29). The number of nitrogens with one attached hydrogen (secondary N) is 3. The second-order valence-electron chi connectivity index (χ2n) is 8.70. The Labute approximate surface area is 198 Å². The Kier molecular flexibility index (Phi) is 6.22. The van der Waals surface area contributed by atoms with Gasteiger partial charge in [0.05, 0.1) is 48.7 Å². The van der Waals surface area contributed by atoms with Crippen LogP contribution in [0.25, 0.3) is 11.0 Å². The number of pyridine rings is 1. The molecule has 178 valence electrons. The average molecular weight is 481 g/mol. The zero-order chi connectivity index (χ0) is 23.7. The lowest BCUT2D eigenvalue weighted by atomic mass is 10.2. The zero-order valence-corrected chi connectivity index (χ0v) is 20.3. The maximum Gasteiger partial charge on any atom is 0.143 e. The second-order valence-corrected chi connectivity index (χ2v) is 11.9. The molecule has 2 saturated heterocycles. The summed E-state index contributed by atoms with van der Waals surface area (Å²) in [5.74, 6) is 1.24. The Hall–Kier alpha value is -3.05. The van der Waals surface area contributed by atoms with E-state index in [0.29, 0.717) is 47.7 Å². The van der Waals surface area contributed by atoms with E-state index in [1.165, 1.54) is 0 Å². The lowest BCUT2D eigenvalue weighted by molar-refractivity contribution is -0.0620. The summed E-state index contributed by atoms with van der Waals surface area (Å²) >= 11 is 0. The van der Waals surface area contributed by atoms with Crippen molar-refractivity contribution in [3.63, 3.8) is 0 Å². The Morgan fingerprint density at radius 1 is 1.29 bits per heavy atom. The van der Waals surface area contributed by atoms with Crippen molar-refractivity contribution < 1.29 is 14.0 Å². The van der Waals surface area contributed by atoms with Crippen LogP contribution in [0, 0.1) is 11.3 Å². The van der Waals surface area contributed by atoms with Gasteiger partial charge in [-0.1, -0.05) is 0 Å². The van der Waals surface area contributed by atoms with Gasteiger partial charge in [-0.3, -0.25) is 4.90 Å². The van der Waals surface area contributed by atoms with E-state index in [1.807, 2.05) is 31.2 Å². The van der Waals surface area contributed by atoms with Crippen molar-refractivity contribution in [3.8, 4) is 11.8 Å². The van der Waals surface area contributed by atoms with E-state index in [1.54, 1.807) is 13.3 Å². The van der Waals surface area contributed by atoms with Crippen LogP contribution in [0.2, 0.25) is 0 Å². The minimum Gasteiger partial charge on any atom is -0.495 e. The van der Waals surface area contributed by atoms with Crippen LogP contribution in [0.4, 0.5) is 17.2 Å². The third-order valence-corrected chi connectivity index (χ3v) is 9.75. The summed E-state index contributed by atoms with van der Waals surface area (Å²) in [5, 5.41) is 17.7. The van der Waals surface area contributed by atoms with Crippen molar-refractivity contribution in [2.75, 3.05) is 62.9 Å². The number of hydrogen-bond donors (Lipinski definition) is 3. The van der Waals surface area contributed by atoms with Crippen LogP contribution in [0.1, 0.15) is 12.5 Å². The number of nitrogens with zero attached hydrogens (tertiary/aromatic N) is 3. The molecule has 34 heavy (non-hydrogen) atoms. The topological polar surface area (TPSA) is 115 Å². The molecule has 4 heterocycles. The number of fused-ring (bicyclic) bond motifs is 1. The van der Waals surface area contributed by atoms with E-state index in [-0.39, 0.29) is 0 Å². The summed E-state index contributed by atoms with van der Waals surface area (Å²) in [5.41, 5.74) is 2.74. The molecule has 0 unspecified atom stereocenters. The lowest BCUT2D eigenvalue weighted by Gasteiger charge is -2.41. The number of aromatic amines is 1. The first-order valence-electron chi connectivity index (χ1n) is 11.6. The van der Waals surface area contributed by atoms with Gasteiger partial charge in [0, 0.05) is 49.5 Å². The summed E-state index contributed by atoms with van der Waals surface area (Å²) in [6.07, 6.45) is 3.02. The van der Waals surface area contributed by atoms with Gasteiger partial charge < -0.3 is 29.7 Å². The third-order valence-electron chi connectivity index (χ3n) is 6.68. The van der Waals surface area contributed by atoms with Crippen LogP contribution in [0.3, 0.4) is 0 Å². The number of nitriles is 1. The predicted octanol–water partition coefficient (Wildman–Crippen LogP) is 3.32. The molecule has 0 radical (unpaired) electrons. The summed E-state index contributed by atoms with van der Waals surface area (Å²) in [7, 11) is -0.858. The summed E-state index contributed by atoms with van der Waals surface area (Å²) in [6, 6.07) is 10.3. The van der Waals surface area contributed by atoms with E-state index in [2.05, 4.69) is 31.6 Å². The van der Waals surface area contributed by atoms with Gasteiger partial charge in [-0.2, -0.15) is 5.26 Å². The van der Waals surface area contributed by atoms with Gasteiger partial charge in [0.25, 0.3) is 0 Å². The van der Waals surface area contributed by atoms with E-state index in [4.69, 9.17) is 9.47 Å². The fraction of sp³-hybridized carbons (Fsp3) is 0.417. The van der Waals surface area contributed by atoms with Crippen LogP contribution in [0.5, 0.6) is 5.75 Å². The number of H-pyrrole nitrogens is 1. The maximum absolute atomic E-state index is 13.8. The van der Waals surface area contributed by atoms with E-state index in [0.717, 1.165) is 48.4 Å². The van der Waals surface area contributed by atoms with Crippen LogP contribution in [-0.4, -0.2) is 73.2 Å². The zero-order valence-electron chi connectivity index (χ0n) is 19.4. The molecular formula is C24H29N6O3P. The maximum atomic E-state index is 13.8. The average Bonchev–Trinajstić information content (AvgIpc) is 3.23. The van der Waals surface area contributed by atoms with Crippen molar-refractivity contribution in [2.45, 2.75) is 13.0 Å². The molecule has 3 N–H and O–H groups in total. The second kappa shape index (κ2) is 9.30. The molecule has 2 aromatic heterocycles. The summed E-state index contributed by atoms with van der Waals surface area (Å²) in [6.45, 7) is 5.97. The van der Waals surface area contributed by atoms with Crippen molar-refractivity contribution in [1.82, 2.24) is 14.9 Å². The Balaban J connectivity index is 1.39. The smallest absolute Gasteiger partial charge is 0.143 e. The highest BCUT2D eigenvalue weighted by Crippen LogP contribution is 2.48. The van der Waals surface area contributed by atoms with Gasteiger partial charge in [0.15, 0.2) is 0 Å². The molecule has 1 aromatic carbocycles. The molecule has 9 nitrogen and oxygen atoms in total. The number of ether oxygens (including phenoxy) is 2. The Morgan fingerprint density at radius 3 is 2.74 bits per heavy atom. The molecule has 0 amide bonds. The molecule has 5 rings (SSSR count). The molecule has 0 spiro atoms. The van der Waals surface area contributed by atoms with Crippen LogP contribution < -0.4 is 20.7 Å². The van der Waals surface area contributed by atoms with Gasteiger partial charge >= 0.3 is 0 Å². The van der Waals surface area contributed by atoms with Gasteiger partial charge in [0.2, 0.25) is 0 Å². The summed E-state index contributed by atoms with van der Waals surface area (Å²) in [4.78, 5) is 10.1. The largest absolute Gasteiger partial charge is 0.495 e. The fourth-order valence-corrected chi connectivity index (χ4v) is 7.25. The number of aromatic nitrogens is 2. The van der Waals surface area contributed by atoms with E-state index < -0.39 is 7.14 Å². The van der Waals surface area contributed by atoms with Crippen molar-refractivity contribution >= 4 is 40.7 Å². The van der Waals surface area contributed by atoms with Crippen molar-refractivity contribution in [3.05, 3.63) is 36.0 Å². The normalized spacial score (nSPS) is 18.3. The number of anilines is 3. The minimum absolute atomic E-state index is 0.482. The number of benzene rings is 1. The predicted molar refractivity (Wildman–Crippen MR) is 134 cm³/mol. The number of hydrogen-bond acceptors (Lipinski definition) is 8. The fourth-order valence-electron chi connectivity index (χ4n) is 4.65. The molecule has 2 fully saturated rings. The van der Waals surface area contributed by atoms with Gasteiger partial charge in [-0.05, 0) is 25.1 Å². The highest BCUT2D eigenvalue weighted by molar-refractivity contribution is 7.71. The quantitative estimate of drug-likeness (QED) is 0.441. The van der Waals surface area contributed by atoms with E-state index >= 15 is 0 Å². The van der Waals surface area contributed by atoms with Gasteiger partial charge in [-0.15, -0.1) is 0 Å². The van der Waals surface area contributed by atoms with Crippen LogP contribution >= 0.6 is 7.14 Å². The van der Waals surface area contributed by atoms with Gasteiger partial charge in [-0.25, -0.2) is 4.98 Å². The SMILES string of the molecule is CCNc1cc(Nc2ccc(P3(=O)CCN(C4COC4)CC3)cc2OC)nc2[nH]cc(C#N)c12. The number of rotatable bonds is 7. The van der Waals surface area contributed by atoms with Crippen molar-refractivity contribution in [1.29, 1.82) is 5.26 Å². The molecule has 0 bridgehead atoms. The van der Waals surface area contributed by atoms with Crippen LogP contribution in [0.15, 0.2) is 30.5 Å². The molecule has 2 aliphatic rings. The Morgan fingerprint density at radius 2 is 2.09 bits per heavy atom. The highest BCUT2D eigenvalue weighted by Gasteiger charge is 2.35. The molecule has 2 aliphatic heterocycles. The molecule has 0 aliphatic carbocycles. The van der Waals surface area contributed by atoms with Crippen molar-refractivity contribution in [2.24, 2.45) is 0 Å². The first kappa shape index (κ1) is 22.7. The minimum atomic E-state index is -2.47. The monoisotopic (exact) mass is 480 g/mol. The Bertz CT molecular complexity index is 1280. The lowest BCUT2D eigenvalue weighted by Crippen LogP contribution is -2.52. The molecule has 10 heteroatoms. The highest BCUT2D eigenvalue weighted by atomic mass is 31.2.